The molecule has 0 spiro atoms. The lowest BCUT2D eigenvalue weighted by Crippen LogP contribution is -2.55. The summed E-state index contributed by atoms with van der Waals surface area (Å²) in [6.45, 7) is 7.54. The van der Waals surface area contributed by atoms with Gasteiger partial charge in [-0.15, -0.1) is 0 Å². The van der Waals surface area contributed by atoms with Crippen LogP contribution in [0, 0.1) is 0 Å². The number of hydrogen-bond donors (Lipinski definition) is 2. The highest BCUT2D eigenvalue weighted by atomic mass is 16.6. The van der Waals surface area contributed by atoms with Gasteiger partial charge >= 0.3 is 12.1 Å². The fraction of sp³-hybridized carbons (Fsp3) is 0.875. The molecule has 1 aliphatic heterocycles. The van der Waals surface area contributed by atoms with E-state index in [2.05, 4.69) is 5.32 Å². The summed E-state index contributed by atoms with van der Waals surface area (Å²) in [5.41, 5.74) is -0.503. The predicted molar refractivity (Wildman–Crippen MR) is 86.2 cm³/mol. The number of urea groups is 1. The van der Waals surface area contributed by atoms with E-state index in [4.69, 9.17) is 4.74 Å². The molecule has 2 N–H and O–H groups in total. The largest absolute Gasteiger partial charge is 0.444 e. The molecule has 3 amide bonds. The molecule has 0 aromatic heterocycles. The first-order valence-corrected chi connectivity index (χ1v) is 8.46. The minimum atomic E-state index is -0.503. The Kier molecular flexibility index (Phi) is 5.73. The van der Waals surface area contributed by atoms with Gasteiger partial charge in [-0.25, -0.2) is 9.59 Å². The monoisotopic (exact) mass is 327 g/mol. The molecule has 1 saturated carbocycles. The van der Waals surface area contributed by atoms with Gasteiger partial charge < -0.3 is 25.0 Å². The molecule has 132 valence electrons. The lowest BCUT2D eigenvalue weighted by atomic mass is 9.93. The highest BCUT2D eigenvalue weighted by Crippen LogP contribution is 2.19. The van der Waals surface area contributed by atoms with Crippen molar-refractivity contribution in [3.8, 4) is 0 Å². The van der Waals surface area contributed by atoms with Crippen LogP contribution in [-0.2, 0) is 4.74 Å². The van der Waals surface area contributed by atoms with Crippen molar-refractivity contribution >= 4 is 12.1 Å². The number of rotatable bonds is 1. The zero-order valence-electron chi connectivity index (χ0n) is 14.4. The van der Waals surface area contributed by atoms with E-state index < -0.39 is 5.60 Å². The minimum absolute atomic E-state index is 0.0739. The van der Waals surface area contributed by atoms with Gasteiger partial charge in [0.15, 0.2) is 0 Å². The average Bonchev–Trinajstić information content (AvgIpc) is 2.48. The van der Waals surface area contributed by atoms with Crippen LogP contribution in [0.4, 0.5) is 9.59 Å². The third-order valence-electron chi connectivity index (χ3n) is 4.24. The second kappa shape index (κ2) is 7.38. The van der Waals surface area contributed by atoms with Crippen LogP contribution >= 0.6 is 0 Å². The van der Waals surface area contributed by atoms with Gasteiger partial charge in [0.25, 0.3) is 0 Å². The molecule has 23 heavy (non-hydrogen) atoms. The van der Waals surface area contributed by atoms with Crippen molar-refractivity contribution < 1.29 is 19.4 Å². The number of ether oxygens (including phenoxy) is 1. The maximum Gasteiger partial charge on any atom is 0.410 e. The van der Waals surface area contributed by atoms with E-state index in [0.717, 1.165) is 25.7 Å². The van der Waals surface area contributed by atoms with Crippen LogP contribution in [0.15, 0.2) is 0 Å². The van der Waals surface area contributed by atoms with Crippen molar-refractivity contribution in [2.24, 2.45) is 0 Å². The number of aliphatic hydroxyl groups excluding tert-OH is 1. The van der Waals surface area contributed by atoms with Gasteiger partial charge in [0.2, 0.25) is 0 Å². The van der Waals surface area contributed by atoms with E-state index in [0.29, 0.717) is 26.2 Å². The van der Waals surface area contributed by atoms with Crippen LogP contribution in [0.1, 0.15) is 46.5 Å². The van der Waals surface area contributed by atoms with E-state index in [1.165, 1.54) is 0 Å². The molecule has 0 bridgehead atoms. The molecule has 0 unspecified atom stereocenters. The normalized spacial score (nSPS) is 25.9. The van der Waals surface area contributed by atoms with Gasteiger partial charge in [-0.3, -0.25) is 0 Å². The zero-order chi connectivity index (χ0) is 17.0. The van der Waals surface area contributed by atoms with Crippen LogP contribution in [0.3, 0.4) is 0 Å². The number of nitrogens with zero attached hydrogens (tertiary/aromatic N) is 2. The summed E-state index contributed by atoms with van der Waals surface area (Å²) in [5.74, 6) is 0. The molecule has 7 nitrogen and oxygen atoms in total. The SMILES string of the molecule is CC(C)(C)OC(=O)N1CCN(C(=O)NC2CCC(O)CC2)CC1. The van der Waals surface area contributed by atoms with Crippen molar-refractivity contribution in [3.63, 3.8) is 0 Å². The topological polar surface area (TPSA) is 82.1 Å². The predicted octanol–water partition coefficient (Wildman–Crippen LogP) is 1.55. The Labute approximate surface area is 138 Å². The number of nitrogens with one attached hydrogen (secondary N) is 1. The van der Waals surface area contributed by atoms with Gasteiger partial charge in [-0.2, -0.15) is 0 Å². The van der Waals surface area contributed by atoms with Crippen LogP contribution in [0.25, 0.3) is 0 Å². The number of carbonyl (C=O) groups excluding carboxylic acids is 2. The zero-order valence-corrected chi connectivity index (χ0v) is 14.4. The Hall–Kier alpha value is -1.50. The van der Waals surface area contributed by atoms with Gasteiger partial charge in [0, 0.05) is 32.2 Å². The lowest BCUT2D eigenvalue weighted by molar-refractivity contribution is 0.0168. The number of aliphatic hydroxyl groups is 1. The van der Waals surface area contributed by atoms with Crippen LogP contribution in [-0.4, -0.2) is 71.0 Å². The molecule has 2 fully saturated rings. The van der Waals surface area contributed by atoms with E-state index >= 15 is 0 Å². The standard InChI is InChI=1S/C16H29N3O4/c1-16(2,3)23-15(22)19-10-8-18(9-11-19)14(21)17-12-4-6-13(20)7-5-12/h12-13,20H,4-11H2,1-3H3,(H,17,21). The molecule has 2 aliphatic rings. The van der Waals surface area contributed by atoms with Gasteiger partial charge in [0.05, 0.1) is 6.10 Å². The summed E-state index contributed by atoms with van der Waals surface area (Å²) in [4.78, 5) is 27.7. The third-order valence-corrected chi connectivity index (χ3v) is 4.24. The fourth-order valence-corrected chi connectivity index (χ4v) is 2.90. The fourth-order valence-electron chi connectivity index (χ4n) is 2.90. The smallest absolute Gasteiger partial charge is 0.410 e. The summed E-state index contributed by atoms with van der Waals surface area (Å²) in [6.07, 6.45) is 2.60. The van der Waals surface area contributed by atoms with E-state index in [1.807, 2.05) is 20.8 Å². The molecule has 0 atom stereocenters. The molecule has 0 aromatic carbocycles. The van der Waals surface area contributed by atoms with Crippen LogP contribution in [0.2, 0.25) is 0 Å². The minimum Gasteiger partial charge on any atom is -0.444 e. The molecule has 2 rings (SSSR count). The quantitative estimate of drug-likeness (QED) is 0.765. The number of amides is 3. The second-order valence-electron chi connectivity index (χ2n) is 7.41. The van der Waals surface area contributed by atoms with Crippen LogP contribution < -0.4 is 5.32 Å². The van der Waals surface area contributed by atoms with Crippen molar-refractivity contribution in [1.82, 2.24) is 15.1 Å². The number of piperazine rings is 1. The molecular formula is C16H29N3O4. The third kappa shape index (κ3) is 5.57. The Morgan fingerprint density at radius 1 is 1.00 bits per heavy atom. The van der Waals surface area contributed by atoms with Crippen molar-refractivity contribution in [3.05, 3.63) is 0 Å². The second-order valence-corrected chi connectivity index (χ2v) is 7.41. The maximum absolute atomic E-state index is 12.3. The van der Waals surface area contributed by atoms with Gasteiger partial charge in [-0.1, -0.05) is 0 Å². The molecule has 0 aromatic rings. The van der Waals surface area contributed by atoms with Crippen molar-refractivity contribution in [1.29, 1.82) is 0 Å². The van der Waals surface area contributed by atoms with Crippen molar-refractivity contribution in [2.45, 2.75) is 64.2 Å². The van der Waals surface area contributed by atoms with Gasteiger partial charge in [0.1, 0.15) is 5.60 Å². The van der Waals surface area contributed by atoms with E-state index in [9.17, 15) is 14.7 Å². The van der Waals surface area contributed by atoms with E-state index in [-0.39, 0.29) is 24.3 Å². The molecule has 1 aliphatic carbocycles. The maximum atomic E-state index is 12.3. The van der Waals surface area contributed by atoms with E-state index in [1.54, 1.807) is 9.80 Å². The molecule has 0 radical (unpaired) electrons. The first-order chi connectivity index (χ1) is 10.7. The Morgan fingerprint density at radius 3 is 2.04 bits per heavy atom. The first kappa shape index (κ1) is 17.8. The summed E-state index contributed by atoms with van der Waals surface area (Å²) >= 11 is 0. The van der Waals surface area contributed by atoms with Gasteiger partial charge in [-0.05, 0) is 46.5 Å². The summed E-state index contributed by atoms with van der Waals surface area (Å²) in [5, 5.41) is 12.5. The first-order valence-electron chi connectivity index (χ1n) is 8.46. The summed E-state index contributed by atoms with van der Waals surface area (Å²) in [6, 6.07) is 0.0741. The lowest BCUT2D eigenvalue weighted by Gasteiger charge is -2.36. The Morgan fingerprint density at radius 2 is 1.52 bits per heavy atom. The summed E-state index contributed by atoms with van der Waals surface area (Å²) in [7, 11) is 0. The van der Waals surface area contributed by atoms with Crippen LogP contribution in [0.5, 0.6) is 0 Å². The molecule has 1 heterocycles. The molecule has 1 saturated heterocycles. The highest BCUT2D eigenvalue weighted by Gasteiger charge is 2.29. The molecular weight excluding hydrogens is 298 g/mol. The average molecular weight is 327 g/mol. The number of hydrogen-bond acceptors (Lipinski definition) is 4. The highest BCUT2D eigenvalue weighted by molar-refractivity contribution is 5.75. The van der Waals surface area contributed by atoms with Crippen molar-refractivity contribution in [2.75, 3.05) is 26.2 Å². The Balaban J connectivity index is 1.73. The molecule has 7 heteroatoms. The number of carbonyl (C=O) groups is 2. The Bertz CT molecular complexity index is 420. The summed E-state index contributed by atoms with van der Waals surface area (Å²) < 4.78 is 5.35.